The van der Waals surface area contributed by atoms with Crippen LogP contribution in [0, 0.1) is 0 Å². The molecule has 0 fully saturated rings. The van der Waals surface area contributed by atoms with Crippen LogP contribution in [-0.4, -0.2) is 40.2 Å². The standard InChI is InChI=1S/C17H19N3O7S/c1-5-26-15(23)10-8-28-13(11(10)16(24)27-6-2)18-12(21)9-7-19(3)17(25)20(4)14(9)22/h7-8H,5-6H2,1-4H3,(H,18,21). The number of amides is 1. The third-order valence-corrected chi connectivity index (χ3v) is 4.58. The average molecular weight is 409 g/mol. The van der Waals surface area contributed by atoms with E-state index in [9.17, 15) is 24.0 Å². The molecule has 0 aliphatic carbocycles. The summed E-state index contributed by atoms with van der Waals surface area (Å²) in [7, 11) is 2.64. The van der Waals surface area contributed by atoms with Crippen LogP contribution in [-0.2, 0) is 23.6 Å². The lowest BCUT2D eigenvalue weighted by Crippen LogP contribution is -2.40. The zero-order valence-corrected chi connectivity index (χ0v) is 16.5. The molecule has 2 aromatic heterocycles. The number of nitrogens with zero attached hydrogens (tertiary/aromatic N) is 2. The van der Waals surface area contributed by atoms with E-state index in [-0.39, 0.29) is 34.9 Å². The van der Waals surface area contributed by atoms with Crippen LogP contribution < -0.4 is 16.6 Å². The minimum absolute atomic E-state index is 0.0300. The summed E-state index contributed by atoms with van der Waals surface area (Å²) in [6.07, 6.45) is 1.10. The van der Waals surface area contributed by atoms with Gasteiger partial charge in [-0.1, -0.05) is 0 Å². The molecule has 1 amide bonds. The number of ether oxygens (including phenoxy) is 2. The Hall–Kier alpha value is -3.21. The molecule has 2 rings (SSSR count). The van der Waals surface area contributed by atoms with Gasteiger partial charge in [0.25, 0.3) is 11.5 Å². The lowest BCUT2D eigenvalue weighted by molar-refractivity contribution is 0.0481. The second kappa shape index (κ2) is 8.65. The number of carbonyl (C=O) groups excluding carboxylic acids is 3. The third-order valence-electron chi connectivity index (χ3n) is 3.68. The monoisotopic (exact) mass is 409 g/mol. The van der Waals surface area contributed by atoms with Crippen molar-refractivity contribution in [3.05, 3.63) is 49.1 Å². The number of aryl methyl sites for hydroxylation is 1. The van der Waals surface area contributed by atoms with Crippen molar-refractivity contribution in [2.75, 3.05) is 18.5 Å². The van der Waals surface area contributed by atoms with E-state index in [1.54, 1.807) is 13.8 Å². The molecule has 0 aliphatic rings. The van der Waals surface area contributed by atoms with Crippen molar-refractivity contribution < 1.29 is 23.9 Å². The Labute approximate surface area is 163 Å². The van der Waals surface area contributed by atoms with Crippen molar-refractivity contribution in [2.45, 2.75) is 13.8 Å². The van der Waals surface area contributed by atoms with Gasteiger partial charge in [-0.05, 0) is 13.8 Å². The Bertz CT molecular complexity index is 1050. The van der Waals surface area contributed by atoms with Gasteiger partial charge in [0, 0.05) is 25.7 Å². The van der Waals surface area contributed by atoms with E-state index < -0.39 is 29.1 Å². The van der Waals surface area contributed by atoms with Crippen LogP contribution in [0.1, 0.15) is 44.9 Å². The predicted molar refractivity (Wildman–Crippen MR) is 101 cm³/mol. The molecule has 10 nitrogen and oxygen atoms in total. The first kappa shape index (κ1) is 21.1. The first-order valence-corrected chi connectivity index (χ1v) is 9.14. The van der Waals surface area contributed by atoms with Gasteiger partial charge in [0.15, 0.2) is 0 Å². The summed E-state index contributed by atoms with van der Waals surface area (Å²) < 4.78 is 11.8. The van der Waals surface area contributed by atoms with Crippen LogP contribution in [0.3, 0.4) is 0 Å². The lowest BCUT2D eigenvalue weighted by Gasteiger charge is -2.09. The number of esters is 2. The van der Waals surface area contributed by atoms with Crippen LogP contribution in [0.15, 0.2) is 21.2 Å². The van der Waals surface area contributed by atoms with Gasteiger partial charge in [0.1, 0.15) is 16.1 Å². The minimum atomic E-state index is -0.834. The summed E-state index contributed by atoms with van der Waals surface area (Å²) in [6, 6.07) is 0. The maximum absolute atomic E-state index is 12.6. The van der Waals surface area contributed by atoms with Crippen molar-refractivity contribution in [1.29, 1.82) is 0 Å². The number of aromatic nitrogens is 2. The molecule has 0 spiro atoms. The Morgan fingerprint density at radius 3 is 2.25 bits per heavy atom. The number of thiophene rings is 1. The normalized spacial score (nSPS) is 10.4. The summed E-state index contributed by atoms with van der Waals surface area (Å²) in [6.45, 7) is 3.38. The van der Waals surface area contributed by atoms with Gasteiger partial charge in [-0.15, -0.1) is 11.3 Å². The topological polar surface area (TPSA) is 126 Å². The number of nitrogens with one attached hydrogen (secondary N) is 1. The fourth-order valence-corrected chi connectivity index (χ4v) is 3.26. The Balaban J connectivity index is 2.48. The molecule has 0 unspecified atom stereocenters. The van der Waals surface area contributed by atoms with Gasteiger partial charge in [-0.2, -0.15) is 0 Å². The van der Waals surface area contributed by atoms with Crippen LogP contribution in [0.4, 0.5) is 5.00 Å². The highest BCUT2D eigenvalue weighted by Gasteiger charge is 2.27. The van der Waals surface area contributed by atoms with E-state index in [0.717, 1.165) is 26.7 Å². The van der Waals surface area contributed by atoms with Crippen LogP contribution in [0.25, 0.3) is 0 Å². The first-order valence-electron chi connectivity index (χ1n) is 8.26. The maximum atomic E-state index is 12.6. The van der Waals surface area contributed by atoms with Gasteiger partial charge >= 0.3 is 17.6 Å². The van der Waals surface area contributed by atoms with Crippen LogP contribution in [0.2, 0.25) is 0 Å². The summed E-state index contributed by atoms with van der Waals surface area (Å²) in [5.41, 5.74) is -1.88. The number of anilines is 1. The van der Waals surface area contributed by atoms with Crippen molar-refractivity contribution in [3.8, 4) is 0 Å². The van der Waals surface area contributed by atoms with E-state index in [2.05, 4.69) is 5.32 Å². The fraction of sp³-hybridized carbons (Fsp3) is 0.353. The summed E-state index contributed by atoms with van der Waals surface area (Å²) >= 11 is 0.914. The molecule has 2 heterocycles. The summed E-state index contributed by atoms with van der Waals surface area (Å²) in [5.74, 6) is -2.38. The predicted octanol–water partition coefficient (Wildman–Crippen LogP) is 0.751. The Morgan fingerprint density at radius 1 is 1.04 bits per heavy atom. The van der Waals surface area contributed by atoms with Gasteiger partial charge in [0.05, 0.1) is 18.8 Å². The Kier molecular flexibility index (Phi) is 6.52. The molecule has 0 aliphatic heterocycles. The highest BCUT2D eigenvalue weighted by Crippen LogP contribution is 2.30. The van der Waals surface area contributed by atoms with Crippen molar-refractivity contribution in [2.24, 2.45) is 14.1 Å². The second-order valence-corrected chi connectivity index (χ2v) is 6.43. The second-order valence-electron chi connectivity index (χ2n) is 5.55. The highest BCUT2D eigenvalue weighted by molar-refractivity contribution is 7.15. The molecule has 150 valence electrons. The maximum Gasteiger partial charge on any atom is 0.342 e. The minimum Gasteiger partial charge on any atom is -0.462 e. The first-order chi connectivity index (χ1) is 13.2. The molecule has 0 atom stereocenters. The van der Waals surface area contributed by atoms with Crippen LogP contribution >= 0.6 is 11.3 Å². The van der Waals surface area contributed by atoms with E-state index in [4.69, 9.17) is 9.47 Å². The number of rotatable bonds is 6. The molecule has 0 saturated carbocycles. The molecule has 0 bridgehead atoms. The van der Waals surface area contributed by atoms with Gasteiger partial charge < -0.3 is 19.4 Å². The quantitative estimate of drug-likeness (QED) is 0.698. The van der Waals surface area contributed by atoms with Gasteiger partial charge in [0.2, 0.25) is 0 Å². The van der Waals surface area contributed by atoms with E-state index in [1.165, 1.54) is 19.5 Å². The van der Waals surface area contributed by atoms with Crippen molar-refractivity contribution >= 4 is 34.2 Å². The van der Waals surface area contributed by atoms with E-state index in [0.29, 0.717) is 0 Å². The van der Waals surface area contributed by atoms with Crippen molar-refractivity contribution in [1.82, 2.24) is 9.13 Å². The number of hydrogen-bond donors (Lipinski definition) is 1. The zero-order chi connectivity index (χ0) is 21.0. The van der Waals surface area contributed by atoms with E-state index >= 15 is 0 Å². The molecule has 0 saturated heterocycles. The van der Waals surface area contributed by atoms with E-state index in [1.807, 2.05) is 0 Å². The zero-order valence-electron chi connectivity index (χ0n) is 15.7. The van der Waals surface area contributed by atoms with Crippen molar-refractivity contribution in [3.63, 3.8) is 0 Å². The molecule has 0 radical (unpaired) electrons. The molecular formula is C17H19N3O7S. The molecule has 0 aromatic carbocycles. The number of carbonyl (C=O) groups is 3. The molecular weight excluding hydrogens is 390 g/mol. The fourth-order valence-electron chi connectivity index (χ4n) is 2.35. The van der Waals surface area contributed by atoms with Gasteiger partial charge in [-0.3, -0.25) is 14.2 Å². The summed E-state index contributed by atoms with van der Waals surface area (Å²) in [5, 5.41) is 3.83. The largest absolute Gasteiger partial charge is 0.462 e. The van der Waals surface area contributed by atoms with Crippen LogP contribution in [0.5, 0.6) is 0 Å². The Morgan fingerprint density at radius 2 is 1.64 bits per heavy atom. The van der Waals surface area contributed by atoms with Gasteiger partial charge in [-0.25, -0.2) is 14.4 Å². The lowest BCUT2D eigenvalue weighted by atomic mass is 10.2. The highest BCUT2D eigenvalue weighted by atomic mass is 32.1. The average Bonchev–Trinajstić information content (AvgIpc) is 3.07. The molecule has 2 aromatic rings. The summed E-state index contributed by atoms with van der Waals surface area (Å²) in [4.78, 5) is 61.0. The number of hydrogen-bond acceptors (Lipinski definition) is 8. The molecule has 11 heteroatoms. The third kappa shape index (κ3) is 4.03. The smallest absolute Gasteiger partial charge is 0.342 e. The molecule has 28 heavy (non-hydrogen) atoms. The SMILES string of the molecule is CCOC(=O)c1csc(NC(=O)c2cn(C)c(=O)n(C)c2=O)c1C(=O)OCC. The molecule has 1 N–H and O–H groups in total.